The van der Waals surface area contributed by atoms with Crippen LogP contribution in [0.3, 0.4) is 0 Å². The zero-order chi connectivity index (χ0) is 12.3. The van der Waals surface area contributed by atoms with Gasteiger partial charge < -0.3 is 10.6 Å². The predicted molar refractivity (Wildman–Crippen MR) is 64.7 cm³/mol. The lowest BCUT2D eigenvalue weighted by atomic mass is 10.7. The number of hydrogen-bond acceptors (Lipinski definition) is 8. The van der Waals surface area contributed by atoms with Crippen LogP contribution in [0.4, 0.5) is 11.9 Å². The Morgan fingerprint density at radius 3 is 2.41 bits per heavy atom. The number of hydrogen-bond donors (Lipinski definition) is 1. The molecule has 8 heteroatoms. The average molecular weight is 249 g/mol. The smallest absolute Gasteiger partial charge is 0.230 e. The van der Waals surface area contributed by atoms with Crippen LogP contribution in [0, 0.1) is 0 Å². The van der Waals surface area contributed by atoms with Gasteiger partial charge in [-0.1, -0.05) is 0 Å². The minimum atomic E-state index is 0.183. The quantitative estimate of drug-likeness (QED) is 0.784. The van der Waals surface area contributed by atoms with Crippen LogP contribution in [-0.4, -0.2) is 39.0 Å². The van der Waals surface area contributed by atoms with Crippen molar-refractivity contribution in [1.82, 2.24) is 24.9 Å². The Balaban J connectivity index is 2.27. The zero-order valence-corrected chi connectivity index (χ0v) is 10.2. The maximum absolute atomic E-state index is 5.61. The van der Waals surface area contributed by atoms with Crippen LogP contribution >= 0.6 is 11.8 Å². The third kappa shape index (κ3) is 3.00. The molecule has 88 valence electrons. The first-order valence-electron chi connectivity index (χ1n) is 4.79. The standard InChI is InChI=1S/C9H11N7S/c1-16(2)7-13-6(10)14-9(15-7)17-8-11-4-3-5-12-8/h3-5H,1-2H3,(H2,10,13,14,15). The van der Waals surface area contributed by atoms with E-state index in [-0.39, 0.29) is 5.95 Å². The highest BCUT2D eigenvalue weighted by atomic mass is 32.2. The van der Waals surface area contributed by atoms with Crippen molar-refractivity contribution in [1.29, 1.82) is 0 Å². The summed E-state index contributed by atoms with van der Waals surface area (Å²) in [5.41, 5.74) is 5.61. The maximum atomic E-state index is 5.61. The molecule has 0 aliphatic rings. The van der Waals surface area contributed by atoms with Gasteiger partial charge in [-0.05, 0) is 17.8 Å². The fourth-order valence-corrected chi connectivity index (χ4v) is 1.68. The second kappa shape index (κ2) is 4.91. The Kier molecular flexibility index (Phi) is 3.33. The van der Waals surface area contributed by atoms with Crippen LogP contribution < -0.4 is 10.6 Å². The summed E-state index contributed by atoms with van der Waals surface area (Å²) in [6.45, 7) is 0. The highest BCUT2D eigenvalue weighted by molar-refractivity contribution is 7.99. The van der Waals surface area contributed by atoms with Gasteiger partial charge in [-0.3, -0.25) is 0 Å². The first-order valence-corrected chi connectivity index (χ1v) is 5.60. The Labute approximate surface area is 103 Å². The number of nitrogens with two attached hydrogens (primary N) is 1. The van der Waals surface area contributed by atoms with Gasteiger partial charge in [0.15, 0.2) is 5.16 Å². The Morgan fingerprint density at radius 1 is 1.06 bits per heavy atom. The molecule has 2 N–H and O–H groups in total. The van der Waals surface area contributed by atoms with Crippen LogP contribution in [0.1, 0.15) is 0 Å². The van der Waals surface area contributed by atoms with E-state index in [0.717, 1.165) is 0 Å². The molecular weight excluding hydrogens is 238 g/mol. The molecule has 0 atom stereocenters. The molecule has 2 aromatic heterocycles. The molecule has 0 aromatic carbocycles. The second-order valence-corrected chi connectivity index (χ2v) is 4.24. The van der Waals surface area contributed by atoms with Crippen LogP contribution in [0.2, 0.25) is 0 Å². The number of anilines is 2. The highest BCUT2D eigenvalue weighted by Crippen LogP contribution is 2.21. The third-order valence-electron chi connectivity index (χ3n) is 1.75. The summed E-state index contributed by atoms with van der Waals surface area (Å²) in [5.74, 6) is 0.693. The van der Waals surface area contributed by atoms with E-state index in [2.05, 4.69) is 24.9 Å². The highest BCUT2D eigenvalue weighted by Gasteiger charge is 2.08. The monoisotopic (exact) mass is 249 g/mol. The molecule has 0 bridgehead atoms. The maximum Gasteiger partial charge on any atom is 0.230 e. The van der Waals surface area contributed by atoms with E-state index in [1.165, 1.54) is 11.8 Å². The van der Waals surface area contributed by atoms with Gasteiger partial charge >= 0.3 is 0 Å². The largest absolute Gasteiger partial charge is 0.368 e. The topological polar surface area (TPSA) is 93.7 Å². The van der Waals surface area contributed by atoms with Gasteiger partial charge in [-0.15, -0.1) is 0 Å². The van der Waals surface area contributed by atoms with E-state index in [1.807, 2.05) is 14.1 Å². The molecule has 0 aliphatic heterocycles. The molecule has 0 aliphatic carbocycles. The van der Waals surface area contributed by atoms with E-state index in [9.17, 15) is 0 Å². The summed E-state index contributed by atoms with van der Waals surface area (Å²) in [5, 5.41) is 1.05. The molecule has 0 spiro atoms. The molecule has 7 nitrogen and oxygen atoms in total. The summed E-state index contributed by atoms with van der Waals surface area (Å²) in [7, 11) is 3.67. The number of nitrogens with zero attached hydrogens (tertiary/aromatic N) is 6. The Bertz CT molecular complexity index is 502. The van der Waals surface area contributed by atoms with Crippen molar-refractivity contribution in [2.45, 2.75) is 10.3 Å². The van der Waals surface area contributed by atoms with Gasteiger partial charge in [0.1, 0.15) is 0 Å². The second-order valence-electron chi connectivity index (χ2n) is 3.30. The Morgan fingerprint density at radius 2 is 1.76 bits per heavy atom. The van der Waals surface area contributed by atoms with Crippen molar-refractivity contribution in [2.75, 3.05) is 24.7 Å². The van der Waals surface area contributed by atoms with Crippen LogP contribution in [0.15, 0.2) is 28.8 Å². The minimum absolute atomic E-state index is 0.183. The molecule has 2 heterocycles. The first kappa shape index (κ1) is 11.5. The SMILES string of the molecule is CN(C)c1nc(N)nc(Sc2ncccn2)n1. The fraction of sp³-hybridized carbons (Fsp3) is 0.222. The van der Waals surface area contributed by atoms with Crippen molar-refractivity contribution in [2.24, 2.45) is 0 Å². The number of aromatic nitrogens is 5. The van der Waals surface area contributed by atoms with Gasteiger partial charge in [-0.2, -0.15) is 15.0 Å². The van der Waals surface area contributed by atoms with E-state index in [1.54, 1.807) is 23.4 Å². The molecule has 2 rings (SSSR count). The Hall–Kier alpha value is -1.96. The normalized spacial score (nSPS) is 10.2. The van der Waals surface area contributed by atoms with Crippen LogP contribution in [0.5, 0.6) is 0 Å². The molecule has 0 fully saturated rings. The van der Waals surface area contributed by atoms with Crippen molar-refractivity contribution >= 4 is 23.7 Å². The van der Waals surface area contributed by atoms with E-state index >= 15 is 0 Å². The first-order chi connectivity index (χ1) is 8.15. The van der Waals surface area contributed by atoms with Crippen molar-refractivity contribution in [3.63, 3.8) is 0 Å². The van der Waals surface area contributed by atoms with Crippen molar-refractivity contribution < 1.29 is 0 Å². The molecule has 2 aromatic rings. The molecule has 0 radical (unpaired) electrons. The summed E-state index contributed by atoms with van der Waals surface area (Å²) < 4.78 is 0. The van der Waals surface area contributed by atoms with E-state index < -0.39 is 0 Å². The lowest BCUT2D eigenvalue weighted by Gasteiger charge is -2.10. The van der Waals surface area contributed by atoms with Gasteiger partial charge in [-0.25, -0.2) is 9.97 Å². The summed E-state index contributed by atoms with van der Waals surface area (Å²) in [6.07, 6.45) is 3.32. The minimum Gasteiger partial charge on any atom is -0.368 e. The van der Waals surface area contributed by atoms with Gasteiger partial charge in [0.2, 0.25) is 17.1 Å². The van der Waals surface area contributed by atoms with Crippen LogP contribution in [0.25, 0.3) is 0 Å². The molecular formula is C9H11N7S. The molecule has 0 saturated heterocycles. The van der Waals surface area contributed by atoms with Crippen molar-refractivity contribution in [3.8, 4) is 0 Å². The zero-order valence-electron chi connectivity index (χ0n) is 9.40. The molecule has 17 heavy (non-hydrogen) atoms. The lowest BCUT2D eigenvalue weighted by molar-refractivity contribution is 0.867. The number of nitrogen functional groups attached to an aromatic ring is 1. The van der Waals surface area contributed by atoms with Crippen LogP contribution in [-0.2, 0) is 0 Å². The van der Waals surface area contributed by atoms with E-state index in [4.69, 9.17) is 5.73 Å². The lowest BCUT2D eigenvalue weighted by Crippen LogP contribution is -2.15. The molecule has 0 amide bonds. The van der Waals surface area contributed by atoms with Gasteiger partial charge in [0, 0.05) is 26.5 Å². The fourth-order valence-electron chi connectivity index (χ4n) is 1.03. The average Bonchev–Trinajstić information content (AvgIpc) is 2.29. The van der Waals surface area contributed by atoms with Gasteiger partial charge in [0.05, 0.1) is 0 Å². The summed E-state index contributed by atoms with van der Waals surface area (Å²) >= 11 is 1.24. The van der Waals surface area contributed by atoms with Crippen molar-refractivity contribution in [3.05, 3.63) is 18.5 Å². The predicted octanol–water partition coefficient (Wildman–Crippen LogP) is 0.461. The third-order valence-corrected chi connectivity index (χ3v) is 2.50. The molecule has 0 unspecified atom stereocenters. The summed E-state index contributed by atoms with van der Waals surface area (Å²) in [6, 6.07) is 1.75. The number of rotatable bonds is 3. The van der Waals surface area contributed by atoms with Gasteiger partial charge in [0.25, 0.3) is 0 Å². The van der Waals surface area contributed by atoms with E-state index in [0.29, 0.717) is 16.3 Å². The summed E-state index contributed by atoms with van der Waals surface area (Å²) in [4.78, 5) is 22.2. The molecule has 0 saturated carbocycles.